The van der Waals surface area contributed by atoms with Gasteiger partial charge < -0.3 is 8.83 Å². The molecule has 0 fully saturated rings. The van der Waals surface area contributed by atoms with Crippen LogP contribution in [0.3, 0.4) is 0 Å². The summed E-state index contributed by atoms with van der Waals surface area (Å²) in [5.41, 5.74) is 4.64. The number of nitrogens with zero attached hydrogens (tertiary/aromatic N) is 4. The second kappa shape index (κ2) is 13.1. The Hall–Kier alpha value is -4.36. The first-order valence-corrected chi connectivity index (χ1v) is 9.97. The van der Waals surface area contributed by atoms with Crippen LogP contribution in [0.1, 0.15) is 56.5 Å². The van der Waals surface area contributed by atoms with Crippen molar-refractivity contribution in [2.24, 2.45) is 10.2 Å². The van der Waals surface area contributed by atoms with E-state index in [-0.39, 0.29) is 36.2 Å². The van der Waals surface area contributed by atoms with Crippen LogP contribution in [0.4, 0.5) is 11.8 Å². The summed E-state index contributed by atoms with van der Waals surface area (Å²) in [4.78, 5) is 43.0. The molecule has 0 unspecified atom stereocenters. The Bertz CT molecular complexity index is 945. The predicted octanol–water partition coefficient (Wildman–Crippen LogP) is 3.02. The molecule has 2 aromatic rings. The van der Waals surface area contributed by atoms with E-state index in [0.717, 1.165) is 19.3 Å². The van der Waals surface area contributed by atoms with E-state index in [2.05, 4.69) is 21.1 Å². The Kier molecular flexibility index (Phi) is 9.92. The summed E-state index contributed by atoms with van der Waals surface area (Å²) in [6, 6.07) is 5.12. The Morgan fingerprint density at radius 1 is 0.758 bits per heavy atom. The van der Waals surface area contributed by atoms with Crippen molar-refractivity contribution in [3.8, 4) is 0 Å². The molecule has 14 heteroatoms. The summed E-state index contributed by atoms with van der Waals surface area (Å²) < 4.78 is 9.74. The van der Waals surface area contributed by atoms with Crippen LogP contribution in [-0.4, -0.2) is 34.1 Å². The molecule has 0 aliphatic heterocycles. The highest BCUT2D eigenvalue weighted by Crippen LogP contribution is 2.14. The number of amides is 2. The molecule has 0 aromatic carbocycles. The summed E-state index contributed by atoms with van der Waals surface area (Å²) in [6.07, 6.45) is 6.66. The number of hydrogen-bond donors (Lipinski definition) is 2. The highest BCUT2D eigenvalue weighted by molar-refractivity contribution is 5.81. The summed E-state index contributed by atoms with van der Waals surface area (Å²) in [5.74, 6) is -1.08. The van der Waals surface area contributed by atoms with Gasteiger partial charge in [-0.3, -0.25) is 29.8 Å². The van der Waals surface area contributed by atoms with E-state index >= 15 is 0 Å². The molecule has 2 N–H and O–H groups in total. The minimum atomic E-state index is -0.671. The van der Waals surface area contributed by atoms with Gasteiger partial charge in [0.05, 0.1) is 24.6 Å². The number of nitrogens with one attached hydrogen (secondary N) is 2. The van der Waals surface area contributed by atoms with Crippen molar-refractivity contribution in [3.05, 3.63) is 56.0 Å². The molecule has 2 heterocycles. The maximum atomic E-state index is 11.7. The van der Waals surface area contributed by atoms with E-state index in [0.29, 0.717) is 12.8 Å². The van der Waals surface area contributed by atoms with Gasteiger partial charge in [0, 0.05) is 12.8 Å². The molecule has 0 aliphatic carbocycles. The fraction of sp³-hybridized carbons (Fsp3) is 0.368. The summed E-state index contributed by atoms with van der Waals surface area (Å²) in [6.45, 7) is 0. The van der Waals surface area contributed by atoms with Gasteiger partial charge in [0.1, 0.15) is 9.85 Å². The second-order valence-electron chi connectivity index (χ2n) is 6.72. The zero-order valence-electron chi connectivity index (χ0n) is 17.5. The smallest absolute Gasteiger partial charge is 0.400 e. The normalized spacial score (nSPS) is 11.2. The van der Waals surface area contributed by atoms with Gasteiger partial charge in [-0.15, -0.1) is 0 Å². The average molecular weight is 462 g/mol. The summed E-state index contributed by atoms with van der Waals surface area (Å²) in [7, 11) is 0. The van der Waals surface area contributed by atoms with E-state index < -0.39 is 21.6 Å². The largest absolute Gasteiger partial charge is 0.433 e. The zero-order valence-corrected chi connectivity index (χ0v) is 17.5. The van der Waals surface area contributed by atoms with Crippen molar-refractivity contribution >= 4 is 36.0 Å². The number of rotatable bonds is 14. The van der Waals surface area contributed by atoms with Gasteiger partial charge in [0.2, 0.25) is 11.8 Å². The van der Waals surface area contributed by atoms with Crippen molar-refractivity contribution in [1.82, 2.24) is 10.9 Å². The maximum Gasteiger partial charge on any atom is 0.433 e. The zero-order chi connectivity index (χ0) is 24.1. The van der Waals surface area contributed by atoms with Gasteiger partial charge in [0.25, 0.3) is 0 Å². The number of furan rings is 2. The second-order valence-corrected chi connectivity index (χ2v) is 6.72. The van der Waals surface area contributed by atoms with Gasteiger partial charge in [-0.25, -0.2) is 10.9 Å². The van der Waals surface area contributed by atoms with Crippen molar-refractivity contribution < 1.29 is 28.3 Å². The van der Waals surface area contributed by atoms with E-state index in [1.165, 1.54) is 36.7 Å². The lowest BCUT2D eigenvalue weighted by atomic mass is 10.1. The first-order valence-electron chi connectivity index (χ1n) is 9.97. The molecule has 14 nitrogen and oxygen atoms in total. The lowest BCUT2D eigenvalue weighted by Gasteiger charge is -2.02. The van der Waals surface area contributed by atoms with Crippen molar-refractivity contribution in [3.63, 3.8) is 0 Å². The van der Waals surface area contributed by atoms with Crippen LogP contribution in [0.15, 0.2) is 43.3 Å². The molecule has 0 atom stereocenters. The van der Waals surface area contributed by atoms with Crippen LogP contribution in [0.5, 0.6) is 0 Å². The van der Waals surface area contributed by atoms with Crippen LogP contribution in [0.25, 0.3) is 0 Å². The Labute approximate surface area is 187 Å². The quantitative estimate of drug-likeness (QED) is 0.185. The number of unbranched alkanes of at least 4 members (excludes halogenated alkanes) is 4. The molecule has 2 rings (SSSR count). The Morgan fingerprint density at radius 2 is 1.15 bits per heavy atom. The van der Waals surface area contributed by atoms with E-state index in [1.807, 2.05) is 0 Å². The number of carbonyl (C=O) groups is 2. The fourth-order valence-electron chi connectivity index (χ4n) is 2.57. The van der Waals surface area contributed by atoms with Gasteiger partial charge >= 0.3 is 11.8 Å². The molecule has 0 spiro atoms. The first kappa shape index (κ1) is 24.9. The highest BCUT2D eigenvalue weighted by Gasteiger charge is 2.11. The van der Waals surface area contributed by atoms with Gasteiger partial charge in [-0.2, -0.15) is 10.2 Å². The molecule has 2 aromatic heterocycles. The molecule has 33 heavy (non-hydrogen) atoms. The Balaban J connectivity index is 1.48. The number of hydrazone groups is 2. The van der Waals surface area contributed by atoms with Crippen molar-refractivity contribution in [1.29, 1.82) is 0 Å². The minimum absolute atomic E-state index is 0.154. The molecule has 0 saturated carbocycles. The standard InChI is InChI=1S/C19H22N6O8/c26-16(22-20-12-14-8-10-18(32-14)24(28)29)6-4-2-1-3-5-7-17(27)23-21-13-15-9-11-19(33-15)25(30)31/h8-13H,1-7H2,(H,22,26)(H,23,27)/b20-12+,21-13+. The average Bonchev–Trinajstić information content (AvgIpc) is 3.43. The third-order valence-corrected chi connectivity index (χ3v) is 4.15. The third-order valence-electron chi connectivity index (χ3n) is 4.15. The lowest BCUT2D eigenvalue weighted by molar-refractivity contribution is -0.402. The molecule has 2 amide bonds. The van der Waals surface area contributed by atoms with Crippen LogP contribution in [0.2, 0.25) is 0 Å². The van der Waals surface area contributed by atoms with Crippen LogP contribution in [-0.2, 0) is 9.59 Å². The van der Waals surface area contributed by atoms with Crippen molar-refractivity contribution in [2.75, 3.05) is 0 Å². The molecule has 0 saturated heterocycles. The van der Waals surface area contributed by atoms with E-state index in [1.54, 1.807) is 0 Å². The number of carbonyl (C=O) groups excluding carboxylic acids is 2. The Morgan fingerprint density at radius 3 is 1.52 bits per heavy atom. The lowest BCUT2D eigenvalue weighted by Crippen LogP contribution is -2.17. The van der Waals surface area contributed by atoms with Crippen LogP contribution >= 0.6 is 0 Å². The SMILES string of the molecule is O=C(CCCCCCCC(=O)N/N=C/c1ccc([N+](=O)[O-])o1)N/N=C/c1ccc([N+](=O)[O-])o1. The van der Waals surface area contributed by atoms with Gasteiger partial charge in [-0.1, -0.05) is 19.3 Å². The molecule has 0 radical (unpaired) electrons. The van der Waals surface area contributed by atoms with Crippen LogP contribution in [0, 0.1) is 20.2 Å². The highest BCUT2D eigenvalue weighted by atomic mass is 16.7. The van der Waals surface area contributed by atoms with Gasteiger partial charge in [-0.05, 0) is 25.0 Å². The maximum absolute atomic E-state index is 11.7. The molecule has 176 valence electrons. The molecular formula is C19H22N6O8. The van der Waals surface area contributed by atoms with E-state index in [4.69, 9.17) is 8.83 Å². The minimum Gasteiger partial charge on any atom is -0.400 e. The molecular weight excluding hydrogens is 440 g/mol. The first-order chi connectivity index (χ1) is 15.8. The topological polar surface area (TPSA) is 195 Å². The van der Waals surface area contributed by atoms with Gasteiger partial charge in [0.15, 0.2) is 11.5 Å². The summed E-state index contributed by atoms with van der Waals surface area (Å²) in [5, 5.41) is 28.4. The number of nitro groups is 2. The molecule has 0 aliphatic rings. The van der Waals surface area contributed by atoms with E-state index in [9.17, 15) is 29.8 Å². The van der Waals surface area contributed by atoms with Crippen LogP contribution < -0.4 is 10.9 Å². The summed E-state index contributed by atoms with van der Waals surface area (Å²) >= 11 is 0. The fourth-order valence-corrected chi connectivity index (χ4v) is 2.57. The predicted molar refractivity (Wildman–Crippen MR) is 115 cm³/mol. The van der Waals surface area contributed by atoms with Crippen molar-refractivity contribution in [2.45, 2.75) is 44.9 Å². The third kappa shape index (κ3) is 9.54. The monoisotopic (exact) mass is 462 g/mol. The molecule has 0 bridgehead atoms. The number of hydrogen-bond acceptors (Lipinski definition) is 10.